The van der Waals surface area contributed by atoms with E-state index >= 15 is 0 Å². The van der Waals surface area contributed by atoms with Crippen LogP contribution in [0.1, 0.15) is 24.1 Å². The van der Waals surface area contributed by atoms with Gasteiger partial charge in [0.2, 0.25) is 0 Å². The average Bonchev–Trinajstić information content (AvgIpc) is 2.49. The largest absolute Gasteiger partial charge is 0.383 e. The monoisotopic (exact) mass is 303 g/mol. The molecule has 2 aromatic rings. The molecule has 1 aliphatic rings. The first-order chi connectivity index (χ1) is 10.1. The number of halogens is 1. The highest BCUT2D eigenvalue weighted by molar-refractivity contribution is 6.32. The Hall–Kier alpha value is -1.65. The first-order valence-corrected chi connectivity index (χ1v) is 7.47. The number of pyridine rings is 2. The fourth-order valence-electron chi connectivity index (χ4n) is 2.70. The number of anilines is 1. The van der Waals surface area contributed by atoms with Crippen LogP contribution in [0.3, 0.4) is 0 Å². The Labute approximate surface area is 129 Å². The maximum absolute atomic E-state index is 10.8. The lowest BCUT2D eigenvalue weighted by molar-refractivity contribution is 0.00748. The molecule has 5 heteroatoms. The van der Waals surface area contributed by atoms with Gasteiger partial charge in [0, 0.05) is 25.5 Å². The summed E-state index contributed by atoms with van der Waals surface area (Å²) in [5.74, 6) is 0.790. The standard InChI is InChI=1S/C16H18ClN3O/c1-12-4-5-14(19-11-12)16(21)6-9-20(10-7-16)15-13(17)3-2-8-18-15/h2-5,8,11,21H,6-7,9-10H2,1H3. The Balaban J connectivity index is 1.75. The molecule has 1 saturated heterocycles. The molecule has 1 N–H and O–H groups in total. The molecule has 21 heavy (non-hydrogen) atoms. The molecule has 2 aromatic heterocycles. The van der Waals surface area contributed by atoms with Crippen LogP contribution in [0.25, 0.3) is 0 Å². The number of aliphatic hydroxyl groups is 1. The molecule has 0 amide bonds. The summed E-state index contributed by atoms with van der Waals surface area (Å²) in [6.45, 7) is 3.41. The van der Waals surface area contributed by atoms with Crippen molar-refractivity contribution in [3.05, 3.63) is 52.9 Å². The summed E-state index contributed by atoms with van der Waals surface area (Å²) in [5, 5.41) is 11.5. The van der Waals surface area contributed by atoms with E-state index in [1.807, 2.05) is 31.2 Å². The number of rotatable bonds is 2. The van der Waals surface area contributed by atoms with Crippen molar-refractivity contribution < 1.29 is 5.11 Å². The smallest absolute Gasteiger partial charge is 0.147 e. The van der Waals surface area contributed by atoms with Crippen molar-refractivity contribution in [2.75, 3.05) is 18.0 Å². The van der Waals surface area contributed by atoms with E-state index in [4.69, 9.17) is 11.6 Å². The molecule has 4 nitrogen and oxygen atoms in total. The predicted molar refractivity (Wildman–Crippen MR) is 83.6 cm³/mol. The van der Waals surface area contributed by atoms with E-state index in [1.54, 1.807) is 12.4 Å². The molecule has 0 bridgehead atoms. The van der Waals surface area contributed by atoms with Crippen LogP contribution in [0, 0.1) is 6.92 Å². The van der Waals surface area contributed by atoms with Crippen LogP contribution in [0.5, 0.6) is 0 Å². The zero-order valence-electron chi connectivity index (χ0n) is 12.0. The van der Waals surface area contributed by atoms with E-state index in [9.17, 15) is 5.11 Å². The highest BCUT2D eigenvalue weighted by atomic mass is 35.5. The summed E-state index contributed by atoms with van der Waals surface area (Å²) in [4.78, 5) is 10.8. The fourth-order valence-corrected chi connectivity index (χ4v) is 2.94. The van der Waals surface area contributed by atoms with Gasteiger partial charge in [0.25, 0.3) is 0 Å². The number of aromatic nitrogens is 2. The van der Waals surface area contributed by atoms with Crippen LogP contribution < -0.4 is 4.90 Å². The van der Waals surface area contributed by atoms with E-state index in [1.165, 1.54) is 0 Å². The SMILES string of the molecule is Cc1ccc(C2(O)CCN(c3ncccc3Cl)CC2)nc1. The van der Waals surface area contributed by atoms with Crippen LogP contribution >= 0.6 is 11.6 Å². The van der Waals surface area contributed by atoms with Gasteiger partial charge < -0.3 is 10.0 Å². The molecule has 1 fully saturated rings. The van der Waals surface area contributed by atoms with Crippen LogP contribution in [-0.4, -0.2) is 28.2 Å². The first kappa shape index (κ1) is 14.3. The van der Waals surface area contributed by atoms with Gasteiger partial charge in [-0.25, -0.2) is 4.98 Å². The van der Waals surface area contributed by atoms with Crippen molar-refractivity contribution in [3.63, 3.8) is 0 Å². The highest BCUT2D eigenvalue weighted by Gasteiger charge is 2.35. The first-order valence-electron chi connectivity index (χ1n) is 7.09. The number of piperidine rings is 1. The number of hydrogen-bond donors (Lipinski definition) is 1. The van der Waals surface area contributed by atoms with E-state index in [0.717, 1.165) is 17.1 Å². The summed E-state index contributed by atoms with van der Waals surface area (Å²) >= 11 is 6.18. The quantitative estimate of drug-likeness (QED) is 0.927. The molecule has 0 radical (unpaired) electrons. The van der Waals surface area contributed by atoms with E-state index in [0.29, 0.717) is 31.0 Å². The minimum absolute atomic E-state index is 0.621. The molecule has 0 unspecified atom stereocenters. The van der Waals surface area contributed by atoms with Crippen LogP contribution in [0.2, 0.25) is 5.02 Å². The summed E-state index contributed by atoms with van der Waals surface area (Å²) in [6, 6.07) is 7.57. The lowest BCUT2D eigenvalue weighted by Gasteiger charge is -2.38. The Bertz CT molecular complexity index is 622. The fraction of sp³-hybridized carbons (Fsp3) is 0.375. The van der Waals surface area contributed by atoms with Gasteiger partial charge in [-0.3, -0.25) is 4.98 Å². The molecule has 0 atom stereocenters. The third-order valence-corrected chi connectivity index (χ3v) is 4.31. The van der Waals surface area contributed by atoms with Crippen LogP contribution in [0.15, 0.2) is 36.7 Å². The maximum atomic E-state index is 10.8. The molecule has 0 aliphatic carbocycles. The molecule has 0 aromatic carbocycles. The molecule has 0 spiro atoms. The van der Waals surface area contributed by atoms with Gasteiger partial charge in [-0.15, -0.1) is 0 Å². The molecule has 110 valence electrons. The number of nitrogens with zero attached hydrogens (tertiary/aromatic N) is 3. The maximum Gasteiger partial charge on any atom is 0.147 e. The topological polar surface area (TPSA) is 49.2 Å². The van der Waals surface area contributed by atoms with E-state index < -0.39 is 5.60 Å². The minimum atomic E-state index is -0.856. The van der Waals surface area contributed by atoms with Crippen molar-refractivity contribution in [2.24, 2.45) is 0 Å². The van der Waals surface area contributed by atoms with Crippen LogP contribution in [-0.2, 0) is 5.60 Å². The second kappa shape index (κ2) is 5.62. The van der Waals surface area contributed by atoms with Gasteiger partial charge in [0.05, 0.1) is 10.7 Å². The lowest BCUT2D eigenvalue weighted by Crippen LogP contribution is -2.43. The molecular weight excluding hydrogens is 286 g/mol. The molecule has 0 saturated carbocycles. The van der Waals surface area contributed by atoms with Gasteiger partial charge in [-0.1, -0.05) is 17.7 Å². The van der Waals surface area contributed by atoms with E-state index in [2.05, 4.69) is 14.9 Å². The molecular formula is C16H18ClN3O. The Morgan fingerprint density at radius 3 is 2.57 bits per heavy atom. The van der Waals surface area contributed by atoms with Gasteiger partial charge >= 0.3 is 0 Å². The van der Waals surface area contributed by atoms with Crippen molar-refractivity contribution in [2.45, 2.75) is 25.4 Å². The van der Waals surface area contributed by atoms with Crippen LogP contribution in [0.4, 0.5) is 5.82 Å². The summed E-state index contributed by atoms with van der Waals surface area (Å²) in [7, 11) is 0. The number of hydrogen-bond acceptors (Lipinski definition) is 4. The van der Waals surface area contributed by atoms with Gasteiger partial charge in [0.15, 0.2) is 0 Å². The van der Waals surface area contributed by atoms with E-state index in [-0.39, 0.29) is 0 Å². The van der Waals surface area contributed by atoms with Crippen molar-refractivity contribution in [3.8, 4) is 0 Å². The van der Waals surface area contributed by atoms with Gasteiger partial charge in [-0.05, 0) is 43.5 Å². The summed E-state index contributed by atoms with van der Waals surface area (Å²) in [6.07, 6.45) is 4.78. The summed E-state index contributed by atoms with van der Waals surface area (Å²) in [5.41, 5.74) is 0.991. The predicted octanol–water partition coefficient (Wildman–Crippen LogP) is 2.93. The minimum Gasteiger partial charge on any atom is -0.383 e. The third kappa shape index (κ3) is 2.87. The zero-order valence-corrected chi connectivity index (χ0v) is 12.7. The van der Waals surface area contributed by atoms with Gasteiger partial charge in [-0.2, -0.15) is 0 Å². The van der Waals surface area contributed by atoms with Crippen molar-refractivity contribution >= 4 is 17.4 Å². The van der Waals surface area contributed by atoms with Gasteiger partial charge in [0.1, 0.15) is 11.4 Å². The van der Waals surface area contributed by atoms with Crippen molar-refractivity contribution in [1.29, 1.82) is 0 Å². The Morgan fingerprint density at radius 1 is 1.19 bits per heavy atom. The normalized spacial score (nSPS) is 17.8. The molecule has 3 rings (SSSR count). The van der Waals surface area contributed by atoms with Crippen molar-refractivity contribution in [1.82, 2.24) is 9.97 Å². The summed E-state index contributed by atoms with van der Waals surface area (Å²) < 4.78 is 0. The highest BCUT2D eigenvalue weighted by Crippen LogP contribution is 2.34. The molecule has 3 heterocycles. The zero-order chi connectivity index (χ0) is 14.9. The lowest BCUT2D eigenvalue weighted by atomic mass is 9.87. The number of aryl methyl sites for hydroxylation is 1. The second-order valence-electron chi connectivity index (χ2n) is 5.55. The molecule has 1 aliphatic heterocycles. The average molecular weight is 304 g/mol. The third-order valence-electron chi connectivity index (χ3n) is 4.02. The Morgan fingerprint density at radius 2 is 1.95 bits per heavy atom. The second-order valence-corrected chi connectivity index (χ2v) is 5.96. The Kier molecular flexibility index (Phi) is 3.83.